The molecule has 0 bridgehead atoms. The molecule has 16 heavy (non-hydrogen) atoms. The molecule has 2 aliphatic rings. The first-order chi connectivity index (χ1) is 7.38. The van der Waals surface area contributed by atoms with Crippen LogP contribution in [0.25, 0.3) is 0 Å². The van der Waals surface area contributed by atoms with Gasteiger partial charge >= 0.3 is 5.97 Å². The van der Waals surface area contributed by atoms with Crippen LogP contribution in [0.15, 0.2) is 5.16 Å². The minimum atomic E-state index is -1.07. The Bertz CT molecular complexity index is 343. The van der Waals surface area contributed by atoms with Crippen molar-refractivity contribution in [1.29, 1.82) is 0 Å². The zero-order valence-corrected chi connectivity index (χ0v) is 10.1. The van der Waals surface area contributed by atoms with Crippen LogP contribution in [0.3, 0.4) is 0 Å². The van der Waals surface area contributed by atoms with E-state index >= 15 is 0 Å². The summed E-state index contributed by atoms with van der Waals surface area (Å²) in [4.78, 5) is 16.8. The van der Waals surface area contributed by atoms with Crippen molar-refractivity contribution in [3.05, 3.63) is 0 Å². The van der Waals surface area contributed by atoms with Gasteiger partial charge in [-0.2, -0.15) is 0 Å². The van der Waals surface area contributed by atoms with Crippen LogP contribution in [0.5, 0.6) is 0 Å². The van der Waals surface area contributed by atoms with Gasteiger partial charge in [-0.25, -0.2) is 4.79 Å². The van der Waals surface area contributed by atoms with Gasteiger partial charge in [0.1, 0.15) is 0 Å². The predicted octanol–water partition coefficient (Wildman–Crippen LogP) is 2.43. The maximum atomic E-state index is 11.4. The third kappa shape index (κ3) is 1.51. The summed E-state index contributed by atoms with van der Waals surface area (Å²) in [7, 11) is 0. The molecule has 2 rings (SSSR count). The van der Waals surface area contributed by atoms with Crippen LogP contribution in [0, 0.1) is 11.3 Å². The molecule has 2 atom stereocenters. The summed E-state index contributed by atoms with van der Waals surface area (Å²) in [5, 5.41) is 13.5. The molecule has 0 saturated heterocycles. The summed E-state index contributed by atoms with van der Waals surface area (Å²) < 4.78 is 0. The van der Waals surface area contributed by atoms with Crippen molar-refractivity contribution >= 4 is 11.7 Å². The molecule has 0 aromatic carbocycles. The number of aliphatic carboxylic acids is 1. The Kier molecular flexibility index (Phi) is 2.48. The van der Waals surface area contributed by atoms with E-state index in [0.717, 1.165) is 25.0 Å². The van der Waals surface area contributed by atoms with Crippen LogP contribution < -0.4 is 0 Å². The van der Waals surface area contributed by atoms with Gasteiger partial charge in [-0.15, -0.1) is 0 Å². The van der Waals surface area contributed by atoms with Crippen LogP contribution in [-0.2, 0) is 9.63 Å². The Morgan fingerprint density at radius 1 is 1.50 bits per heavy atom. The number of hydrogen-bond donors (Lipinski definition) is 1. The van der Waals surface area contributed by atoms with E-state index in [9.17, 15) is 9.90 Å². The second kappa shape index (κ2) is 3.47. The first-order valence-corrected chi connectivity index (χ1v) is 5.88. The fourth-order valence-electron chi connectivity index (χ4n) is 2.76. The molecule has 2 unspecified atom stereocenters. The van der Waals surface area contributed by atoms with Crippen LogP contribution in [0.1, 0.15) is 46.5 Å². The zero-order valence-electron chi connectivity index (χ0n) is 10.1. The van der Waals surface area contributed by atoms with Crippen LogP contribution in [0.4, 0.5) is 0 Å². The van der Waals surface area contributed by atoms with Gasteiger partial charge in [0, 0.05) is 11.8 Å². The van der Waals surface area contributed by atoms with E-state index in [1.165, 1.54) is 0 Å². The summed E-state index contributed by atoms with van der Waals surface area (Å²) in [5.74, 6) is -0.904. The average Bonchev–Trinajstić information content (AvgIpc) is 2.57. The third-order valence-corrected chi connectivity index (χ3v) is 3.62. The topological polar surface area (TPSA) is 58.9 Å². The Morgan fingerprint density at radius 2 is 2.19 bits per heavy atom. The molecular formula is C12H19NO3. The maximum Gasteiger partial charge on any atom is 0.351 e. The molecule has 1 N–H and O–H groups in total. The minimum absolute atomic E-state index is 0.0428. The van der Waals surface area contributed by atoms with Gasteiger partial charge in [0.15, 0.2) is 0 Å². The van der Waals surface area contributed by atoms with Crippen molar-refractivity contribution in [2.24, 2.45) is 16.5 Å². The number of rotatable bonds is 1. The van der Waals surface area contributed by atoms with E-state index in [1.807, 2.05) is 0 Å². The number of carboxylic acid groups (broad SMARTS) is 1. The fraction of sp³-hybridized carbons (Fsp3) is 0.833. The highest BCUT2D eigenvalue weighted by Gasteiger charge is 2.57. The standard InChI is InChI=1S/C12H19NO3/c1-11(2,3)9-8-6-4-5-7-12(8,10(14)15)16-13-9/h8H,4-7H2,1-3H3,(H,14,15). The van der Waals surface area contributed by atoms with E-state index in [0.29, 0.717) is 6.42 Å². The summed E-state index contributed by atoms with van der Waals surface area (Å²) in [6.07, 6.45) is 3.44. The molecule has 1 fully saturated rings. The highest BCUT2D eigenvalue weighted by molar-refractivity contribution is 5.98. The molecular weight excluding hydrogens is 206 g/mol. The summed E-state index contributed by atoms with van der Waals surface area (Å²) in [5.41, 5.74) is -0.269. The third-order valence-electron chi connectivity index (χ3n) is 3.62. The number of hydrogen-bond acceptors (Lipinski definition) is 3. The fourth-order valence-corrected chi connectivity index (χ4v) is 2.76. The predicted molar refractivity (Wildman–Crippen MR) is 60.3 cm³/mol. The Hall–Kier alpha value is -1.06. The molecule has 1 aliphatic heterocycles. The lowest BCUT2D eigenvalue weighted by atomic mass is 9.68. The van der Waals surface area contributed by atoms with Gasteiger partial charge in [0.05, 0.1) is 11.6 Å². The normalized spacial score (nSPS) is 33.9. The highest BCUT2D eigenvalue weighted by Crippen LogP contribution is 2.45. The molecule has 1 aliphatic carbocycles. The maximum absolute atomic E-state index is 11.4. The summed E-state index contributed by atoms with van der Waals surface area (Å²) >= 11 is 0. The lowest BCUT2D eigenvalue weighted by molar-refractivity contribution is -0.170. The number of nitrogens with zero attached hydrogens (tertiary/aromatic N) is 1. The largest absolute Gasteiger partial charge is 0.478 e. The van der Waals surface area contributed by atoms with Crippen molar-refractivity contribution in [2.45, 2.75) is 52.1 Å². The molecule has 1 saturated carbocycles. The molecule has 0 aromatic rings. The molecule has 1 heterocycles. The van der Waals surface area contributed by atoms with Crippen molar-refractivity contribution in [2.75, 3.05) is 0 Å². The van der Waals surface area contributed by atoms with Gasteiger partial charge in [-0.3, -0.25) is 0 Å². The van der Waals surface area contributed by atoms with Crippen molar-refractivity contribution < 1.29 is 14.7 Å². The average molecular weight is 225 g/mol. The number of carbonyl (C=O) groups is 1. The van der Waals surface area contributed by atoms with Crippen LogP contribution in [-0.4, -0.2) is 22.4 Å². The van der Waals surface area contributed by atoms with E-state index in [4.69, 9.17) is 4.84 Å². The summed E-state index contributed by atoms with van der Waals surface area (Å²) in [6.45, 7) is 6.17. The smallest absolute Gasteiger partial charge is 0.351 e. The Labute approximate surface area is 95.7 Å². The lowest BCUT2D eigenvalue weighted by Gasteiger charge is -2.35. The van der Waals surface area contributed by atoms with E-state index in [-0.39, 0.29) is 11.3 Å². The van der Waals surface area contributed by atoms with Gasteiger partial charge in [0.2, 0.25) is 5.60 Å². The minimum Gasteiger partial charge on any atom is -0.478 e. The number of oxime groups is 1. The second-order valence-electron chi connectivity index (χ2n) is 5.81. The lowest BCUT2D eigenvalue weighted by Crippen LogP contribution is -2.50. The first kappa shape index (κ1) is 11.4. The molecule has 90 valence electrons. The van der Waals surface area contributed by atoms with Gasteiger partial charge < -0.3 is 9.94 Å². The molecule has 0 spiro atoms. The number of carboxylic acids is 1. The quantitative estimate of drug-likeness (QED) is 0.745. The summed E-state index contributed by atoms with van der Waals surface area (Å²) in [6, 6.07) is 0. The highest BCUT2D eigenvalue weighted by atomic mass is 16.7. The van der Waals surface area contributed by atoms with Crippen molar-refractivity contribution in [3.63, 3.8) is 0 Å². The van der Waals surface area contributed by atoms with Crippen LogP contribution >= 0.6 is 0 Å². The molecule has 0 radical (unpaired) electrons. The Balaban J connectivity index is 2.34. The van der Waals surface area contributed by atoms with Gasteiger partial charge in [-0.05, 0) is 12.8 Å². The van der Waals surface area contributed by atoms with Crippen LogP contribution in [0.2, 0.25) is 0 Å². The monoisotopic (exact) mass is 225 g/mol. The molecule has 0 aromatic heterocycles. The zero-order chi connectivity index (χ0) is 12.0. The molecule has 4 nitrogen and oxygen atoms in total. The number of fused-ring (bicyclic) bond motifs is 1. The van der Waals surface area contributed by atoms with Crippen molar-refractivity contribution in [3.8, 4) is 0 Å². The first-order valence-electron chi connectivity index (χ1n) is 5.88. The molecule has 0 amide bonds. The van der Waals surface area contributed by atoms with Gasteiger partial charge in [-0.1, -0.05) is 32.3 Å². The van der Waals surface area contributed by atoms with Gasteiger partial charge in [0.25, 0.3) is 0 Å². The van der Waals surface area contributed by atoms with Crippen molar-refractivity contribution in [1.82, 2.24) is 0 Å². The SMILES string of the molecule is CC(C)(C)C1=NOC2(C(=O)O)CCCCC12. The Morgan fingerprint density at radius 3 is 2.75 bits per heavy atom. The van der Waals surface area contributed by atoms with E-state index in [1.54, 1.807) is 0 Å². The second-order valence-corrected chi connectivity index (χ2v) is 5.81. The molecule has 4 heteroatoms. The van der Waals surface area contributed by atoms with E-state index in [2.05, 4.69) is 25.9 Å². The van der Waals surface area contributed by atoms with E-state index < -0.39 is 11.6 Å².